The monoisotopic (exact) mass is 364 g/mol. The van der Waals surface area contributed by atoms with Crippen LogP contribution in [0, 0.1) is 5.82 Å². The first-order valence-electron chi connectivity index (χ1n) is 9.52. The van der Waals surface area contributed by atoms with E-state index in [1.165, 1.54) is 37.0 Å². The Hall–Kier alpha value is -2.66. The molecule has 3 heterocycles. The Morgan fingerprint density at radius 2 is 1.89 bits per heavy atom. The SMILES string of the molecule is O=C1Nc2ccc(F)cc2C1=C1OCc2cc(CN3CCCCC3)ccc21. The van der Waals surface area contributed by atoms with Gasteiger partial charge in [0.2, 0.25) is 0 Å². The molecule has 2 aromatic rings. The summed E-state index contributed by atoms with van der Waals surface area (Å²) in [5.41, 5.74) is 4.91. The lowest BCUT2D eigenvalue weighted by molar-refractivity contribution is -0.110. The van der Waals surface area contributed by atoms with Gasteiger partial charge in [0, 0.05) is 28.9 Å². The number of rotatable bonds is 2. The number of anilines is 1. The van der Waals surface area contributed by atoms with Crippen LogP contribution in [0.25, 0.3) is 11.3 Å². The molecule has 5 heteroatoms. The van der Waals surface area contributed by atoms with Crippen molar-refractivity contribution in [2.75, 3.05) is 18.4 Å². The van der Waals surface area contributed by atoms with E-state index in [9.17, 15) is 9.18 Å². The highest BCUT2D eigenvalue weighted by atomic mass is 19.1. The third-order valence-electron chi connectivity index (χ3n) is 5.59. The number of hydrogen-bond donors (Lipinski definition) is 1. The largest absolute Gasteiger partial charge is 0.487 e. The molecule has 0 radical (unpaired) electrons. The number of benzene rings is 2. The van der Waals surface area contributed by atoms with E-state index in [0.29, 0.717) is 29.2 Å². The Labute approximate surface area is 157 Å². The fourth-order valence-corrected chi connectivity index (χ4v) is 4.26. The van der Waals surface area contributed by atoms with Crippen molar-refractivity contribution in [2.45, 2.75) is 32.4 Å². The van der Waals surface area contributed by atoms with E-state index in [2.05, 4.69) is 22.3 Å². The predicted octanol–water partition coefficient (Wildman–Crippen LogP) is 4.16. The lowest BCUT2D eigenvalue weighted by Crippen LogP contribution is -2.29. The van der Waals surface area contributed by atoms with E-state index in [1.807, 2.05) is 6.07 Å². The number of nitrogens with zero attached hydrogens (tertiary/aromatic N) is 1. The average Bonchev–Trinajstić information content (AvgIpc) is 3.21. The van der Waals surface area contributed by atoms with Crippen molar-refractivity contribution in [1.82, 2.24) is 4.90 Å². The summed E-state index contributed by atoms with van der Waals surface area (Å²) in [5.74, 6) is -0.0503. The summed E-state index contributed by atoms with van der Waals surface area (Å²) in [6, 6.07) is 10.7. The Kier molecular flexibility index (Phi) is 3.97. The molecule has 138 valence electrons. The second-order valence-electron chi connectivity index (χ2n) is 7.47. The van der Waals surface area contributed by atoms with Gasteiger partial charge in [-0.15, -0.1) is 0 Å². The number of amides is 1. The maximum atomic E-state index is 13.7. The molecule has 0 unspecified atom stereocenters. The molecule has 3 aliphatic rings. The molecule has 5 rings (SSSR count). The number of likely N-dealkylation sites (tertiary alicyclic amines) is 1. The molecule has 27 heavy (non-hydrogen) atoms. The van der Waals surface area contributed by atoms with Gasteiger partial charge in [0.05, 0.1) is 5.57 Å². The smallest absolute Gasteiger partial charge is 0.260 e. The quantitative estimate of drug-likeness (QED) is 0.814. The Morgan fingerprint density at radius 1 is 1.04 bits per heavy atom. The number of carbonyl (C=O) groups is 1. The van der Waals surface area contributed by atoms with Crippen LogP contribution in [0.4, 0.5) is 10.1 Å². The number of fused-ring (bicyclic) bond motifs is 2. The Bertz CT molecular complexity index is 961. The molecule has 2 aromatic carbocycles. The van der Waals surface area contributed by atoms with Crippen LogP contribution in [0.5, 0.6) is 0 Å². The number of carbonyl (C=O) groups excluding carboxylic acids is 1. The second kappa shape index (κ2) is 6.50. The van der Waals surface area contributed by atoms with E-state index < -0.39 is 0 Å². The van der Waals surface area contributed by atoms with Crippen LogP contribution in [0.2, 0.25) is 0 Å². The van der Waals surface area contributed by atoms with Crippen LogP contribution in [-0.4, -0.2) is 23.9 Å². The molecule has 0 aromatic heterocycles. The van der Waals surface area contributed by atoms with Gasteiger partial charge in [0.15, 0.2) is 0 Å². The van der Waals surface area contributed by atoms with E-state index in [4.69, 9.17) is 4.74 Å². The minimum atomic E-state index is -0.363. The van der Waals surface area contributed by atoms with Crippen LogP contribution < -0.4 is 5.32 Å². The minimum Gasteiger partial charge on any atom is -0.487 e. The van der Waals surface area contributed by atoms with E-state index in [-0.39, 0.29) is 11.7 Å². The van der Waals surface area contributed by atoms with Crippen molar-refractivity contribution >= 4 is 22.9 Å². The molecule has 3 aliphatic heterocycles. The maximum absolute atomic E-state index is 13.7. The van der Waals surface area contributed by atoms with Gasteiger partial charge in [-0.1, -0.05) is 24.6 Å². The van der Waals surface area contributed by atoms with E-state index in [0.717, 1.165) is 30.8 Å². The number of ether oxygens (including phenoxy) is 1. The van der Waals surface area contributed by atoms with Gasteiger partial charge in [-0.05, 0) is 49.7 Å². The molecular formula is C22H21FN2O2. The highest BCUT2D eigenvalue weighted by molar-refractivity contribution is 6.36. The van der Waals surface area contributed by atoms with Gasteiger partial charge in [0.1, 0.15) is 18.2 Å². The molecule has 1 N–H and O–H groups in total. The van der Waals surface area contributed by atoms with Gasteiger partial charge in [-0.25, -0.2) is 4.39 Å². The summed E-state index contributed by atoms with van der Waals surface area (Å²) in [4.78, 5) is 15.0. The molecule has 1 amide bonds. The predicted molar refractivity (Wildman–Crippen MR) is 102 cm³/mol. The molecule has 0 aliphatic carbocycles. The number of hydrogen-bond acceptors (Lipinski definition) is 3. The highest BCUT2D eigenvalue weighted by Crippen LogP contribution is 2.42. The van der Waals surface area contributed by atoms with Crippen molar-refractivity contribution in [3.8, 4) is 0 Å². The molecule has 0 saturated carbocycles. The first-order valence-corrected chi connectivity index (χ1v) is 9.52. The lowest BCUT2D eigenvalue weighted by Gasteiger charge is -2.26. The normalized spacial score (nSPS) is 21.6. The summed E-state index contributed by atoms with van der Waals surface area (Å²) in [6.07, 6.45) is 3.88. The van der Waals surface area contributed by atoms with Crippen molar-refractivity contribution in [2.24, 2.45) is 0 Å². The van der Waals surface area contributed by atoms with E-state index in [1.54, 1.807) is 6.07 Å². The highest BCUT2D eigenvalue weighted by Gasteiger charge is 2.32. The Morgan fingerprint density at radius 3 is 2.74 bits per heavy atom. The number of piperidine rings is 1. The summed E-state index contributed by atoms with van der Waals surface area (Å²) in [7, 11) is 0. The zero-order valence-electron chi connectivity index (χ0n) is 15.1. The third-order valence-corrected chi connectivity index (χ3v) is 5.59. The zero-order valence-corrected chi connectivity index (χ0v) is 15.1. The van der Waals surface area contributed by atoms with Crippen LogP contribution in [0.1, 0.15) is 41.5 Å². The van der Waals surface area contributed by atoms with Crippen LogP contribution >= 0.6 is 0 Å². The maximum Gasteiger partial charge on any atom is 0.260 e. The van der Waals surface area contributed by atoms with Crippen LogP contribution in [-0.2, 0) is 22.7 Å². The summed E-state index contributed by atoms with van der Waals surface area (Å²) >= 11 is 0. The molecule has 0 bridgehead atoms. The van der Waals surface area contributed by atoms with Crippen molar-refractivity contribution in [3.05, 3.63) is 64.5 Å². The molecule has 0 atom stereocenters. The van der Waals surface area contributed by atoms with Crippen molar-refractivity contribution < 1.29 is 13.9 Å². The summed E-state index contributed by atoms with van der Waals surface area (Å²) in [6.45, 7) is 3.71. The fraction of sp³-hybridized carbons (Fsp3) is 0.318. The van der Waals surface area contributed by atoms with Gasteiger partial charge in [-0.3, -0.25) is 9.69 Å². The van der Waals surface area contributed by atoms with Gasteiger partial charge < -0.3 is 10.1 Å². The summed E-state index contributed by atoms with van der Waals surface area (Å²) in [5, 5.41) is 2.80. The summed E-state index contributed by atoms with van der Waals surface area (Å²) < 4.78 is 19.6. The molecular weight excluding hydrogens is 343 g/mol. The zero-order chi connectivity index (χ0) is 18.4. The van der Waals surface area contributed by atoms with Crippen LogP contribution in [0.15, 0.2) is 36.4 Å². The van der Waals surface area contributed by atoms with Gasteiger partial charge in [0.25, 0.3) is 5.91 Å². The van der Waals surface area contributed by atoms with Crippen molar-refractivity contribution in [1.29, 1.82) is 0 Å². The average molecular weight is 364 g/mol. The lowest BCUT2D eigenvalue weighted by atomic mass is 9.98. The third kappa shape index (κ3) is 2.92. The number of halogens is 1. The Balaban J connectivity index is 1.49. The number of nitrogens with one attached hydrogen (secondary N) is 1. The minimum absolute atomic E-state index is 0.240. The first kappa shape index (κ1) is 16.5. The molecule has 1 saturated heterocycles. The molecule has 1 fully saturated rings. The fourth-order valence-electron chi connectivity index (χ4n) is 4.26. The second-order valence-corrected chi connectivity index (χ2v) is 7.47. The van der Waals surface area contributed by atoms with Gasteiger partial charge in [-0.2, -0.15) is 0 Å². The van der Waals surface area contributed by atoms with Crippen molar-refractivity contribution in [3.63, 3.8) is 0 Å². The van der Waals surface area contributed by atoms with Crippen LogP contribution in [0.3, 0.4) is 0 Å². The topological polar surface area (TPSA) is 41.6 Å². The first-order chi connectivity index (χ1) is 13.2. The molecule has 4 nitrogen and oxygen atoms in total. The standard InChI is InChI=1S/C22H21FN2O2/c23-16-5-7-19-18(11-16)20(22(26)24-19)21-17-6-4-14(10-15(17)13-27-21)12-25-8-2-1-3-9-25/h4-7,10-11H,1-3,8-9,12-13H2,(H,24,26). The van der Waals surface area contributed by atoms with Gasteiger partial charge >= 0.3 is 0 Å². The van der Waals surface area contributed by atoms with E-state index >= 15 is 0 Å². The molecule has 0 spiro atoms.